The van der Waals surface area contributed by atoms with E-state index >= 15 is 0 Å². The predicted octanol–water partition coefficient (Wildman–Crippen LogP) is 4.60. The van der Waals surface area contributed by atoms with E-state index in [4.69, 9.17) is 20.9 Å². The maximum atomic E-state index is 12.7. The molecule has 0 N–H and O–H groups in total. The van der Waals surface area contributed by atoms with Gasteiger partial charge in [-0.2, -0.15) is 4.98 Å². The van der Waals surface area contributed by atoms with E-state index in [0.29, 0.717) is 33.0 Å². The molecule has 0 aliphatic heterocycles. The zero-order valence-electron chi connectivity index (χ0n) is 14.3. The highest BCUT2D eigenvalue weighted by molar-refractivity contribution is 6.30. The van der Waals surface area contributed by atoms with Crippen molar-refractivity contribution < 1.29 is 14.1 Å². The largest absolute Gasteiger partial charge is 0.452 e. The second-order valence-corrected chi connectivity index (χ2v) is 6.33. The van der Waals surface area contributed by atoms with Gasteiger partial charge in [0.2, 0.25) is 0 Å². The Balaban J connectivity index is 1.71. The molecule has 0 amide bonds. The first kappa shape index (κ1) is 17.2. The highest BCUT2D eigenvalue weighted by Crippen LogP contribution is 2.26. The van der Waals surface area contributed by atoms with E-state index in [0.717, 1.165) is 5.56 Å². The summed E-state index contributed by atoms with van der Waals surface area (Å²) in [6.07, 6.45) is 0. The number of aryl methyl sites for hydroxylation is 1. The van der Waals surface area contributed by atoms with Crippen molar-refractivity contribution in [3.05, 3.63) is 76.9 Å². The highest BCUT2D eigenvalue weighted by Gasteiger charge is 2.16. The molecule has 0 unspecified atom stereocenters. The van der Waals surface area contributed by atoms with Crippen LogP contribution in [0.1, 0.15) is 22.1 Å². The van der Waals surface area contributed by atoms with E-state index in [1.54, 1.807) is 25.1 Å². The van der Waals surface area contributed by atoms with Crippen LogP contribution in [0, 0.1) is 6.92 Å². The third-order valence-electron chi connectivity index (χ3n) is 3.97. The van der Waals surface area contributed by atoms with Crippen LogP contribution in [0.4, 0.5) is 0 Å². The lowest BCUT2D eigenvalue weighted by Gasteiger charge is -2.09. The molecule has 0 atom stereocenters. The molecule has 7 heteroatoms. The molecule has 0 saturated heterocycles. The van der Waals surface area contributed by atoms with Gasteiger partial charge in [0, 0.05) is 16.0 Å². The monoisotopic (exact) mass is 379 g/mol. The standard InChI is InChI=1S/C20H14ClN3O3/c1-12-22-19(27-24-12)11-26-20(25)16-10-18(13-6-8-14(21)9-7-13)23-17-5-3-2-4-15(16)17/h2-10H,11H2,1H3. The normalized spacial score (nSPS) is 10.9. The van der Waals surface area contributed by atoms with Gasteiger partial charge in [0.1, 0.15) is 0 Å². The van der Waals surface area contributed by atoms with E-state index in [1.807, 2.05) is 36.4 Å². The minimum absolute atomic E-state index is 0.0907. The number of nitrogens with zero attached hydrogens (tertiary/aromatic N) is 3. The summed E-state index contributed by atoms with van der Waals surface area (Å²) in [6.45, 7) is 1.61. The molecular weight excluding hydrogens is 366 g/mol. The zero-order chi connectivity index (χ0) is 18.8. The fourth-order valence-corrected chi connectivity index (χ4v) is 2.84. The number of benzene rings is 2. The van der Waals surface area contributed by atoms with Crippen LogP contribution in [-0.4, -0.2) is 21.1 Å². The molecule has 2 aromatic carbocycles. The van der Waals surface area contributed by atoms with E-state index in [-0.39, 0.29) is 12.5 Å². The van der Waals surface area contributed by atoms with Crippen LogP contribution in [-0.2, 0) is 11.3 Å². The van der Waals surface area contributed by atoms with E-state index in [1.165, 1.54) is 0 Å². The Labute approximate surface area is 159 Å². The fourth-order valence-electron chi connectivity index (χ4n) is 2.72. The Morgan fingerprint density at radius 2 is 1.89 bits per heavy atom. The molecule has 4 rings (SSSR count). The van der Waals surface area contributed by atoms with Crippen molar-refractivity contribution in [1.82, 2.24) is 15.1 Å². The summed E-state index contributed by atoms with van der Waals surface area (Å²) < 4.78 is 10.3. The summed E-state index contributed by atoms with van der Waals surface area (Å²) >= 11 is 5.96. The number of hydrogen-bond acceptors (Lipinski definition) is 6. The minimum atomic E-state index is -0.486. The number of para-hydroxylation sites is 1. The van der Waals surface area contributed by atoms with E-state index in [9.17, 15) is 4.79 Å². The van der Waals surface area contributed by atoms with Crippen LogP contribution in [0.5, 0.6) is 0 Å². The van der Waals surface area contributed by atoms with Gasteiger partial charge < -0.3 is 9.26 Å². The maximum absolute atomic E-state index is 12.7. The van der Waals surface area contributed by atoms with Gasteiger partial charge in [-0.05, 0) is 31.2 Å². The number of rotatable bonds is 4. The van der Waals surface area contributed by atoms with Crippen LogP contribution in [0.2, 0.25) is 5.02 Å². The molecular formula is C20H14ClN3O3. The number of esters is 1. The van der Waals surface area contributed by atoms with E-state index < -0.39 is 5.97 Å². The lowest BCUT2D eigenvalue weighted by Crippen LogP contribution is -2.07. The van der Waals surface area contributed by atoms with Crippen LogP contribution in [0.15, 0.2) is 59.1 Å². The summed E-state index contributed by atoms with van der Waals surface area (Å²) in [5.41, 5.74) is 2.63. The van der Waals surface area contributed by atoms with Gasteiger partial charge >= 0.3 is 5.97 Å². The highest BCUT2D eigenvalue weighted by atomic mass is 35.5. The Kier molecular flexibility index (Phi) is 4.56. The average molecular weight is 380 g/mol. The van der Waals surface area contributed by atoms with Crippen molar-refractivity contribution in [2.45, 2.75) is 13.5 Å². The van der Waals surface area contributed by atoms with E-state index in [2.05, 4.69) is 15.1 Å². The van der Waals surface area contributed by atoms with Gasteiger partial charge in [0.05, 0.1) is 16.8 Å². The number of aromatic nitrogens is 3. The molecule has 6 nitrogen and oxygen atoms in total. The second-order valence-electron chi connectivity index (χ2n) is 5.89. The number of fused-ring (bicyclic) bond motifs is 1. The maximum Gasteiger partial charge on any atom is 0.339 e. The molecule has 0 aliphatic rings. The topological polar surface area (TPSA) is 78.1 Å². The quantitative estimate of drug-likeness (QED) is 0.482. The Morgan fingerprint density at radius 3 is 2.63 bits per heavy atom. The molecule has 0 fully saturated rings. The molecule has 0 saturated carbocycles. The molecule has 0 aliphatic carbocycles. The SMILES string of the molecule is Cc1noc(COC(=O)c2cc(-c3ccc(Cl)cc3)nc3ccccc23)n1. The van der Waals surface area contributed by atoms with Crippen molar-refractivity contribution in [3.8, 4) is 11.3 Å². The first-order valence-electron chi connectivity index (χ1n) is 8.22. The fraction of sp³-hybridized carbons (Fsp3) is 0.100. The third kappa shape index (κ3) is 3.66. The van der Waals surface area contributed by atoms with Crippen LogP contribution >= 0.6 is 11.6 Å². The Bertz CT molecular complexity index is 1120. The summed E-state index contributed by atoms with van der Waals surface area (Å²) in [4.78, 5) is 21.4. The van der Waals surface area contributed by atoms with Gasteiger partial charge in [-0.3, -0.25) is 0 Å². The lowest BCUT2D eigenvalue weighted by molar-refractivity contribution is 0.0432. The number of ether oxygens (including phenoxy) is 1. The smallest absolute Gasteiger partial charge is 0.339 e. The number of carbonyl (C=O) groups excluding carboxylic acids is 1. The first-order valence-corrected chi connectivity index (χ1v) is 8.60. The van der Waals surface area contributed by atoms with Crippen molar-refractivity contribution in [2.75, 3.05) is 0 Å². The average Bonchev–Trinajstić information content (AvgIpc) is 3.11. The molecule has 0 bridgehead atoms. The second kappa shape index (κ2) is 7.17. The molecule has 134 valence electrons. The van der Waals surface area contributed by atoms with Gasteiger partial charge in [-0.15, -0.1) is 0 Å². The van der Waals surface area contributed by atoms with Crippen molar-refractivity contribution in [3.63, 3.8) is 0 Å². The first-order chi connectivity index (χ1) is 13.1. The van der Waals surface area contributed by atoms with Gasteiger partial charge in [-0.1, -0.05) is 47.1 Å². The van der Waals surface area contributed by atoms with Crippen molar-refractivity contribution in [2.24, 2.45) is 0 Å². The van der Waals surface area contributed by atoms with Crippen molar-refractivity contribution in [1.29, 1.82) is 0 Å². The molecule has 0 radical (unpaired) electrons. The van der Waals surface area contributed by atoms with Crippen molar-refractivity contribution >= 4 is 28.5 Å². The number of halogens is 1. The molecule has 2 aromatic heterocycles. The zero-order valence-corrected chi connectivity index (χ0v) is 15.1. The molecule has 27 heavy (non-hydrogen) atoms. The molecule has 0 spiro atoms. The number of pyridine rings is 1. The summed E-state index contributed by atoms with van der Waals surface area (Å²) in [7, 11) is 0. The van der Waals surface area contributed by atoms with Crippen LogP contribution in [0.25, 0.3) is 22.2 Å². The number of hydrogen-bond donors (Lipinski definition) is 0. The summed E-state index contributed by atoms with van der Waals surface area (Å²) in [5.74, 6) is 0.247. The van der Waals surface area contributed by atoms with Gasteiger partial charge in [-0.25, -0.2) is 9.78 Å². The Morgan fingerprint density at radius 1 is 1.11 bits per heavy atom. The molecule has 4 aromatic rings. The lowest BCUT2D eigenvalue weighted by atomic mass is 10.0. The van der Waals surface area contributed by atoms with Gasteiger partial charge in [0.15, 0.2) is 12.4 Å². The third-order valence-corrected chi connectivity index (χ3v) is 4.22. The minimum Gasteiger partial charge on any atom is -0.452 e. The van der Waals surface area contributed by atoms with Gasteiger partial charge in [0.25, 0.3) is 5.89 Å². The van der Waals surface area contributed by atoms with Crippen LogP contribution in [0.3, 0.4) is 0 Å². The molecule has 2 heterocycles. The number of carbonyl (C=O) groups is 1. The summed E-state index contributed by atoms with van der Waals surface area (Å²) in [6, 6.07) is 16.4. The van der Waals surface area contributed by atoms with Crippen LogP contribution < -0.4 is 0 Å². The summed E-state index contributed by atoms with van der Waals surface area (Å²) in [5, 5.41) is 5.02. The Hall–Kier alpha value is -3.25. The predicted molar refractivity (Wildman–Crippen MR) is 100 cm³/mol.